The molecule has 1 aromatic heterocycles. The number of aliphatic hydroxyl groups excluding tert-OH is 1. The lowest BCUT2D eigenvalue weighted by Gasteiger charge is -2.26. The van der Waals surface area contributed by atoms with Gasteiger partial charge in [-0.3, -0.25) is 4.79 Å². The van der Waals surface area contributed by atoms with Gasteiger partial charge in [0.2, 0.25) is 0 Å². The van der Waals surface area contributed by atoms with Crippen molar-refractivity contribution in [3.05, 3.63) is 18.2 Å². The molecule has 17 heavy (non-hydrogen) atoms. The van der Waals surface area contributed by atoms with Crippen LogP contribution in [-0.4, -0.2) is 39.3 Å². The first kappa shape index (κ1) is 13.7. The molecule has 0 aliphatic heterocycles. The van der Waals surface area contributed by atoms with E-state index in [4.69, 9.17) is 5.73 Å². The van der Waals surface area contributed by atoms with Gasteiger partial charge in [-0.05, 0) is 13.3 Å². The van der Waals surface area contributed by atoms with Crippen molar-refractivity contribution in [3.8, 4) is 0 Å². The number of carbonyl (C=O) groups is 1. The number of hydrogen-bond donors (Lipinski definition) is 3. The molecule has 0 aliphatic carbocycles. The Bertz CT molecular complexity index is 371. The Morgan fingerprint density at radius 1 is 1.71 bits per heavy atom. The van der Waals surface area contributed by atoms with Crippen LogP contribution < -0.4 is 11.1 Å². The summed E-state index contributed by atoms with van der Waals surface area (Å²) in [6.07, 6.45) is 3.87. The number of nitrogens with one attached hydrogen (secondary N) is 1. The van der Waals surface area contributed by atoms with Gasteiger partial charge in [0.15, 0.2) is 0 Å². The Morgan fingerprint density at radius 2 is 2.41 bits per heavy atom. The quantitative estimate of drug-likeness (QED) is 0.638. The van der Waals surface area contributed by atoms with Crippen LogP contribution in [0.5, 0.6) is 0 Å². The van der Waals surface area contributed by atoms with Crippen molar-refractivity contribution in [2.24, 2.45) is 5.73 Å². The molecule has 6 heteroatoms. The van der Waals surface area contributed by atoms with Crippen LogP contribution >= 0.6 is 0 Å². The summed E-state index contributed by atoms with van der Waals surface area (Å²) in [5.74, 6) is -0.279. The van der Waals surface area contributed by atoms with Crippen molar-refractivity contribution >= 4 is 5.91 Å². The minimum atomic E-state index is -0.602. The van der Waals surface area contributed by atoms with Gasteiger partial charge in [0.1, 0.15) is 5.69 Å². The first-order valence-corrected chi connectivity index (χ1v) is 5.70. The van der Waals surface area contributed by atoms with Crippen LogP contribution in [0.4, 0.5) is 0 Å². The Kier molecular flexibility index (Phi) is 4.65. The van der Waals surface area contributed by atoms with Gasteiger partial charge in [-0.1, -0.05) is 6.92 Å². The van der Waals surface area contributed by atoms with Crippen LogP contribution in [-0.2, 0) is 6.54 Å². The van der Waals surface area contributed by atoms with Gasteiger partial charge in [0.05, 0.1) is 18.5 Å². The molecule has 6 nitrogen and oxygen atoms in total. The third kappa shape index (κ3) is 3.54. The maximum absolute atomic E-state index is 11.9. The second-order valence-electron chi connectivity index (χ2n) is 4.31. The second-order valence-corrected chi connectivity index (χ2v) is 4.31. The molecule has 1 unspecified atom stereocenters. The topological polar surface area (TPSA) is 93.2 Å². The van der Waals surface area contributed by atoms with Crippen LogP contribution in [0.25, 0.3) is 0 Å². The van der Waals surface area contributed by atoms with Crippen LogP contribution in [0, 0.1) is 0 Å². The summed E-state index contributed by atoms with van der Waals surface area (Å²) in [7, 11) is 0. The number of amides is 1. The third-order valence-corrected chi connectivity index (χ3v) is 2.80. The van der Waals surface area contributed by atoms with Crippen molar-refractivity contribution in [1.29, 1.82) is 0 Å². The van der Waals surface area contributed by atoms with Crippen molar-refractivity contribution in [2.75, 3.05) is 13.2 Å². The Balaban J connectivity index is 2.69. The number of nitrogens with zero attached hydrogens (tertiary/aromatic N) is 2. The highest BCUT2D eigenvalue weighted by Crippen LogP contribution is 2.09. The zero-order chi connectivity index (χ0) is 12.9. The van der Waals surface area contributed by atoms with Crippen LogP contribution in [0.3, 0.4) is 0 Å². The van der Waals surface area contributed by atoms with E-state index < -0.39 is 5.54 Å². The molecule has 4 N–H and O–H groups in total. The summed E-state index contributed by atoms with van der Waals surface area (Å²) < 4.78 is 1.76. The SMILES string of the molecule is CCC(C)(CO)NC(=O)c1cn(CCN)cn1. The van der Waals surface area contributed by atoms with Crippen LogP contribution in [0.1, 0.15) is 30.8 Å². The lowest BCUT2D eigenvalue weighted by atomic mass is 10.0. The van der Waals surface area contributed by atoms with Crippen LogP contribution in [0.2, 0.25) is 0 Å². The summed E-state index contributed by atoms with van der Waals surface area (Å²) in [5.41, 5.74) is 5.15. The van der Waals surface area contributed by atoms with Gasteiger partial charge in [-0.15, -0.1) is 0 Å². The van der Waals surface area contributed by atoms with Crippen molar-refractivity contribution < 1.29 is 9.90 Å². The second kappa shape index (κ2) is 5.79. The zero-order valence-electron chi connectivity index (χ0n) is 10.3. The fraction of sp³-hybridized carbons (Fsp3) is 0.636. The predicted molar refractivity (Wildman–Crippen MR) is 64.5 cm³/mol. The molecule has 0 aromatic carbocycles. The number of carbonyl (C=O) groups excluding carboxylic acids is 1. The van der Waals surface area contributed by atoms with E-state index in [1.54, 1.807) is 24.0 Å². The van der Waals surface area contributed by atoms with E-state index >= 15 is 0 Å². The fourth-order valence-corrected chi connectivity index (χ4v) is 1.33. The third-order valence-electron chi connectivity index (χ3n) is 2.80. The molecule has 1 aromatic rings. The first-order chi connectivity index (χ1) is 8.04. The van der Waals surface area contributed by atoms with E-state index in [2.05, 4.69) is 10.3 Å². The molecular formula is C11H20N4O2. The number of aliphatic hydroxyl groups is 1. The van der Waals surface area contributed by atoms with E-state index in [9.17, 15) is 9.90 Å². The molecule has 0 aliphatic rings. The summed E-state index contributed by atoms with van der Waals surface area (Å²) in [6.45, 7) is 4.73. The number of nitrogens with two attached hydrogens (primary N) is 1. The molecule has 1 heterocycles. The molecule has 0 bridgehead atoms. The highest BCUT2D eigenvalue weighted by molar-refractivity contribution is 5.92. The Labute approximate surface area is 101 Å². The van der Waals surface area contributed by atoms with Gasteiger partial charge in [0, 0.05) is 19.3 Å². The van der Waals surface area contributed by atoms with E-state index in [0.717, 1.165) is 0 Å². The fourth-order valence-electron chi connectivity index (χ4n) is 1.33. The summed E-state index contributed by atoms with van der Waals surface area (Å²) in [5, 5.41) is 12.0. The molecule has 0 saturated carbocycles. The van der Waals surface area contributed by atoms with E-state index in [1.807, 2.05) is 6.92 Å². The van der Waals surface area contributed by atoms with E-state index in [1.165, 1.54) is 0 Å². The number of imidazole rings is 1. The maximum atomic E-state index is 11.9. The molecule has 0 fully saturated rings. The van der Waals surface area contributed by atoms with E-state index in [0.29, 0.717) is 25.2 Å². The highest BCUT2D eigenvalue weighted by atomic mass is 16.3. The number of rotatable bonds is 6. The maximum Gasteiger partial charge on any atom is 0.271 e. The summed E-state index contributed by atoms with van der Waals surface area (Å²) in [6, 6.07) is 0. The minimum absolute atomic E-state index is 0.0985. The van der Waals surface area contributed by atoms with Crippen molar-refractivity contribution in [1.82, 2.24) is 14.9 Å². The number of aromatic nitrogens is 2. The molecule has 1 atom stereocenters. The Morgan fingerprint density at radius 3 is 2.94 bits per heavy atom. The van der Waals surface area contributed by atoms with Crippen molar-refractivity contribution in [3.63, 3.8) is 0 Å². The van der Waals surface area contributed by atoms with Gasteiger partial charge in [-0.25, -0.2) is 4.98 Å². The minimum Gasteiger partial charge on any atom is -0.394 e. The van der Waals surface area contributed by atoms with Gasteiger partial charge in [-0.2, -0.15) is 0 Å². The molecule has 1 rings (SSSR count). The molecule has 1 amide bonds. The highest BCUT2D eigenvalue weighted by Gasteiger charge is 2.24. The largest absolute Gasteiger partial charge is 0.394 e. The lowest BCUT2D eigenvalue weighted by Crippen LogP contribution is -2.48. The molecule has 96 valence electrons. The van der Waals surface area contributed by atoms with Gasteiger partial charge >= 0.3 is 0 Å². The lowest BCUT2D eigenvalue weighted by molar-refractivity contribution is 0.0842. The standard InChI is InChI=1S/C11H20N4O2/c1-3-11(2,7-16)14-10(17)9-6-15(5-4-12)8-13-9/h6,8,16H,3-5,7,12H2,1-2H3,(H,14,17). The van der Waals surface area contributed by atoms with Crippen molar-refractivity contribution in [2.45, 2.75) is 32.4 Å². The normalized spacial score (nSPS) is 14.4. The molecule has 0 radical (unpaired) electrons. The van der Waals surface area contributed by atoms with E-state index in [-0.39, 0.29) is 12.5 Å². The molecular weight excluding hydrogens is 220 g/mol. The molecule has 0 spiro atoms. The summed E-state index contributed by atoms with van der Waals surface area (Å²) in [4.78, 5) is 15.9. The summed E-state index contributed by atoms with van der Waals surface area (Å²) >= 11 is 0. The smallest absolute Gasteiger partial charge is 0.271 e. The number of hydrogen-bond acceptors (Lipinski definition) is 4. The average molecular weight is 240 g/mol. The predicted octanol–water partition coefficient (Wildman–Crippen LogP) is -0.267. The van der Waals surface area contributed by atoms with Crippen LogP contribution in [0.15, 0.2) is 12.5 Å². The Hall–Kier alpha value is -1.40. The first-order valence-electron chi connectivity index (χ1n) is 5.70. The van der Waals surface area contributed by atoms with Gasteiger partial charge in [0.25, 0.3) is 5.91 Å². The van der Waals surface area contributed by atoms with Gasteiger partial charge < -0.3 is 20.7 Å². The molecule has 0 saturated heterocycles. The average Bonchev–Trinajstić information content (AvgIpc) is 2.78. The monoisotopic (exact) mass is 240 g/mol. The zero-order valence-corrected chi connectivity index (χ0v) is 10.3.